The van der Waals surface area contributed by atoms with Crippen molar-refractivity contribution in [2.24, 2.45) is 5.73 Å². The third-order valence-corrected chi connectivity index (χ3v) is 4.18. The van der Waals surface area contributed by atoms with E-state index in [9.17, 15) is 0 Å². The first kappa shape index (κ1) is 14.8. The van der Waals surface area contributed by atoms with Gasteiger partial charge < -0.3 is 15.2 Å². The molecule has 2 N–H and O–H groups in total. The summed E-state index contributed by atoms with van der Waals surface area (Å²) in [6, 6.07) is 6.12. The van der Waals surface area contributed by atoms with Gasteiger partial charge in [0.2, 0.25) is 0 Å². The summed E-state index contributed by atoms with van der Waals surface area (Å²) in [5.74, 6) is 0.884. The van der Waals surface area contributed by atoms with Gasteiger partial charge in [0.15, 0.2) is 0 Å². The van der Waals surface area contributed by atoms with E-state index in [-0.39, 0.29) is 12.1 Å². The van der Waals surface area contributed by atoms with Crippen molar-refractivity contribution in [3.8, 4) is 5.75 Å². The van der Waals surface area contributed by atoms with Crippen molar-refractivity contribution in [2.75, 3.05) is 26.8 Å². The van der Waals surface area contributed by atoms with Gasteiger partial charge in [0.1, 0.15) is 5.75 Å². The normalized spacial score (nSPS) is 22.2. The summed E-state index contributed by atoms with van der Waals surface area (Å²) in [6.45, 7) is 5.43. The predicted molar refractivity (Wildman–Crippen MR) is 79.4 cm³/mol. The number of hydrogen-bond acceptors (Lipinski definition) is 4. The van der Waals surface area contributed by atoms with Gasteiger partial charge in [-0.1, -0.05) is 15.9 Å². The average Bonchev–Trinajstić information content (AvgIpc) is 2.41. The Morgan fingerprint density at radius 2 is 2.37 bits per heavy atom. The Morgan fingerprint density at radius 1 is 1.58 bits per heavy atom. The van der Waals surface area contributed by atoms with Gasteiger partial charge in [-0.05, 0) is 30.7 Å². The lowest BCUT2D eigenvalue weighted by Gasteiger charge is -2.34. The summed E-state index contributed by atoms with van der Waals surface area (Å²) in [4.78, 5) is 2.37. The minimum absolute atomic E-state index is 0.0663. The van der Waals surface area contributed by atoms with Crippen LogP contribution in [0.2, 0.25) is 0 Å². The molecule has 2 rings (SSSR count). The monoisotopic (exact) mass is 328 g/mol. The van der Waals surface area contributed by atoms with Gasteiger partial charge >= 0.3 is 0 Å². The topological polar surface area (TPSA) is 47.7 Å². The van der Waals surface area contributed by atoms with Crippen molar-refractivity contribution >= 4 is 15.9 Å². The van der Waals surface area contributed by atoms with Crippen LogP contribution in [-0.2, 0) is 11.3 Å². The van der Waals surface area contributed by atoms with E-state index in [0.29, 0.717) is 0 Å². The molecule has 0 spiro atoms. The Kier molecular flexibility index (Phi) is 5.21. The van der Waals surface area contributed by atoms with Crippen molar-refractivity contribution in [1.29, 1.82) is 0 Å². The largest absolute Gasteiger partial charge is 0.497 e. The van der Waals surface area contributed by atoms with E-state index in [2.05, 4.69) is 26.9 Å². The van der Waals surface area contributed by atoms with Crippen molar-refractivity contribution < 1.29 is 9.47 Å². The molecule has 1 aromatic rings. The summed E-state index contributed by atoms with van der Waals surface area (Å²) in [5.41, 5.74) is 7.14. The van der Waals surface area contributed by atoms with Crippen LogP contribution in [0.3, 0.4) is 0 Å². The van der Waals surface area contributed by atoms with E-state index in [4.69, 9.17) is 15.2 Å². The number of halogens is 1. The van der Waals surface area contributed by atoms with Gasteiger partial charge in [0.05, 0.1) is 19.8 Å². The molecular weight excluding hydrogens is 308 g/mol. The van der Waals surface area contributed by atoms with Crippen LogP contribution in [0.5, 0.6) is 5.75 Å². The first-order chi connectivity index (χ1) is 9.10. The van der Waals surface area contributed by atoms with E-state index >= 15 is 0 Å². The number of ether oxygens (including phenoxy) is 2. The summed E-state index contributed by atoms with van der Waals surface area (Å²) >= 11 is 3.59. The molecule has 1 saturated heterocycles. The second-order valence-corrected chi connectivity index (χ2v) is 5.82. The van der Waals surface area contributed by atoms with Crippen LogP contribution >= 0.6 is 15.9 Å². The van der Waals surface area contributed by atoms with Crippen LogP contribution in [0, 0.1) is 0 Å². The quantitative estimate of drug-likeness (QED) is 0.918. The standard InChI is InChI=1S/C14H21BrN2O2/c1-10(16)14-9-17(5-6-19-14)8-11-7-12(18-2)3-4-13(11)15/h3-4,7,10,14H,5-6,8-9,16H2,1-2H3. The Bertz CT molecular complexity index is 426. The van der Waals surface area contributed by atoms with Gasteiger partial charge in [0, 0.05) is 30.1 Å². The van der Waals surface area contributed by atoms with E-state index in [0.717, 1.165) is 36.5 Å². The summed E-state index contributed by atoms with van der Waals surface area (Å²) in [7, 11) is 1.69. The molecule has 0 radical (unpaired) electrons. The van der Waals surface area contributed by atoms with Gasteiger partial charge in [-0.2, -0.15) is 0 Å². The van der Waals surface area contributed by atoms with Crippen LogP contribution in [0.25, 0.3) is 0 Å². The zero-order valence-electron chi connectivity index (χ0n) is 11.4. The number of rotatable bonds is 4. The molecule has 1 aromatic carbocycles. The molecule has 2 unspecified atom stereocenters. The lowest BCUT2D eigenvalue weighted by molar-refractivity contribution is -0.0404. The van der Waals surface area contributed by atoms with E-state index in [1.54, 1.807) is 7.11 Å². The SMILES string of the molecule is COc1ccc(Br)c(CN2CCOC(C(C)N)C2)c1. The molecule has 0 saturated carbocycles. The fraction of sp³-hybridized carbons (Fsp3) is 0.571. The maximum Gasteiger partial charge on any atom is 0.119 e. The zero-order valence-corrected chi connectivity index (χ0v) is 13.0. The Labute approximate surface area is 123 Å². The Balaban J connectivity index is 2.04. The van der Waals surface area contributed by atoms with Crippen LogP contribution < -0.4 is 10.5 Å². The summed E-state index contributed by atoms with van der Waals surface area (Å²) in [6.07, 6.45) is 0.123. The molecule has 1 fully saturated rings. The van der Waals surface area contributed by atoms with Crippen LogP contribution in [0.1, 0.15) is 12.5 Å². The highest BCUT2D eigenvalue weighted by molar-refractivity contribution is 9.10. The molecule has 1 aliphatic rings. The number of methoxy groups -OCH3 is 1. The van der Waals surface area contributed by atoms with Gasteiger partial charge in [-0.25, -0.2) is 0 Å². The fourth-order valence-corrected chi connectivity index (χ4v) is 2.61. The van der Waals surface area contributed by atoms with E-state index in [1.165, 1.54) is 5.56 Å². The molecule has 5 heteroatoms. The molecule has 19 heavy (non-hydrogen) atoms. The van der Waals surface area contributed by atoms with E-state index < -0.39 is 0 Å². The predicted octanol–water partition coefficient (Wildman–Crippen LogP) is 2.01. The maximum absolute atomic E-state index is 5.92. The highest BCUT2D eigenvalue weighted by Crippen LogP contribution is 2.24. The third kappa shape index (κ3) is 3.92. The molecule has 106 valence electrons. The summed E-state index contributed by atoms with van der Waals surface area (Å²) < 4.78 is 12.1. The highest BCUT2D eigenvalue weighted by atomic mass is 79.9. The minimum Gasteiger partial charge on any atom is -0.497 e. The summed E-state index contributed by atoms with van der Waals surface area (Å²) in [5, 5.41) is 0. The number of morpholine rings is 1. The number of nitrogens with zero attached hydrogens (tertiary/aromatic N) is 1. The van der Waals surface area contributed by atoms with Crippen molar-refractivity contribution in [3.05, 3.63) is 28.2 Å². The second-order valence-electron chi connectivity index (χ2n) is 4.96. The Morgan fingerprint density at radius 3 is 3.05 bits per heavy atom. The minimum atomic E-state index is 0.0663. The molecular formula is C14H21BrN2O2. The van der Waals surface area contributed by atoms with Gasteiger partial charge in [-0.15, -0.1) is 0 Å². The fourth-order valence-electron chi connectivity index (χ4n) is 2.23. The van der Waals surface area contributed by atoms with E-state index in [1.807, 2.05) is 19.1 Å². The maximum atomic E-state index is 5.92. The molecule has 0 aliphatic carbocycles. The lowest BCUT2D eigenvalue weighted by atomic mass is 10.1. The molecule has 2 atom stereocenters. The first-order valence-electron chi connectivity index (χ1n) is 6.52. The highest BCUT2D eigenvalue weighted by Gasteiger charge is 2.23. The molecule has 0 aromatic heterocycles. The van der Waals surface area contributed by atoms with Crippen LogP contribution in [-0.4, -0.2) is 43.9 Å². The van der Waals surface area contributed by atoms with Crippen LogP contribution in [0.15, 0.2) is 22.7 Å². The number of hydrogen-bond donors (Lipinski definition) is 1. The van der Waals surface area contributed by atoms with Gasteiger partial charge in [0.25, 0.3) is 0 Å². The average molecular weight is 329 g/mol. The lowest BCUT2D eigenvalue weighted by Crippen LogP contribution is -2.49. The third-order valence-electron chi connectivity index (χ3n) is 3.41. The van der Waals surface area contributed by atoms with Crippen molar-refractivity contribution in [3.63, 3.8) is 0 Å². The molecule has 0 amide bonds. The van der Waals surface area contributed by atoms with Crippen LogP contribution in [0.4, 0.5) is 0 Å². The van der Waals surface area contributed by atoms with Crippen molar-refractivity contribution in [1.82, 2.24) is 4.90 Å². The van der Waals surface area contributed by atoms with Crippen molar-refractivity contribution in [2.45, 2.75) is 25.6 Å². The zero-order chi connectivity index (χ0) is 13.8. The smallest absolute Gasteiger partial charge is 0.119 e. The first-order valence-corrected chi connectivity index (χ1v) is 7.31. The molecule has 1 aliphatic heterocycles. The number of benzene rings is 1. The molecule has 1 heterocycles. The molecule has 4 nitrogen and oxygen atoms in total. The Hall–Kier alpha value is -0.620. The van der Waals surface area contributed by atoms with Gasteiger partial charge in [-0.3, -0.25) is 4.90 Å². The molecule has 0 bridgehead atoms. The number of nitrogens with two attached hydrogens (primary N) is 1. The second kappa shape index (κ2) is 6.70.